The molecule has 1 aromatic heterocycles. The van der Waals surface area contributed by atoms with Gasteiger partial charge in [0, 0.05) is 44.7 Å². The minimum absolute atomic E-state index is 0.543. The molecule has 0 saturated heterocycles. The average molecular weight is 224 g/mol. The molecule has 0 fully saturated rings. The lowest BCUT2D eigenvalue weighted by Crippen LogP contribution is -2.21. The van der Waals surface area contributed by atoms with Gasteiger partial charge in [0.1, 0.15) is 0 Å². The summed E-state index contributed by atoms with van der Waals surface area (Å²) in [5.74, 6) is 0. The lowest BCUT2D eigenvalue weighted by molar-refractivity contribution is 0.141. The first-order valence-electron chi connectivity index (χ1n) is 6.18. The third-order valence-electron chi connectivity index (χ3n) is 2.44. The fraction of sp³-hybridized carbons (Fsp3) is 0.692. The van der Waals surface area contributed by atoms with Gasteiger partial charge in [-0.1, -0.05) is 13.8 Å². The summed E-state index contributed by atoms with van der Waals surface area (Å²) >= 11 is 0. The van der Waals surface area contributed by atoms with E-state index in [1.165, 1.54) is 5.56 Å². The van der Waals surface area contributed by atoms with Crippen molar-refractivity contribution in [3.05, 3.63) is 24.0 Å². The molecule has 3 heteroatoms. The summed E-state index contributed by atoms with van der Waals surface area (Å²) in [4.78, 5) is 0. The molecule has 0 saturated carbocycles. The molecule has 0 amide bonds. The van der Waals surface area contributed by atoms with Gasteiger partial charge in [-0.3, -0.25) is 0 Å². The lowest BCUT2D eigenvalue weighted by atomic mass is 10.3. The van der Waals surface area contributed by atoms with E-state index in [0.717, 1.165) is 32.7 Å². The standard InChI is InChI=1S/C13H24N2O/c1-4-16-9-5-7-15-8-6-13(11-15)10-14-12(2)3/h6,8,11-12,14H,4-5,7,9-10H2,1-3H3. The van der Waals surface area contributed by atoms with Crippen LogP contribution in [0.3, 0.4) is 0 Å². The molecule has 0 atom stereocenters. The van der Waals surface area contributed by atoms with Crippen molar-refractivity contribution in [3.63, 3.8) is 0 Å². The van der Waals surface area contributed by atoms with Crippen molar-refractivity contribution >= 4 is 0 Å². The highest BCUT2D eigenvalue weighted by Crippen LogP contribution is 2.02. The molecule has 92 valence electrons. The first-order valence-corrected chi connectivity index (χ1v) is 6.18. The molecule has 0 aliphatic carbocycles. The Labute approximate surface area is 98.8 Å². The molecule has 3 nitrogen and oxygen atoms in total. The largest absolute Gasteiger partial charge is 0.382 e. The van der Waals surface area contributed by atoms with Crippen LogP contribution in [0.25, 0.3) is 0 Å². The van der Waals surface area contributed by atoms with Crippen molar-refractivity contribution in [2.75, 3.05) is 13.2 Å². The Bertz CT molecular complexity index is 281. The van der Waals surface area contributed by atoms with Crippen molar-refractivity contribution in [1.29, 1.82) is 0 Å². The lowest BCUT2D eigenvalue weighted by Gasteiger charge is -2.06. The van der Waals surface area contributed by atoms with E-state index in [-0.39, 0.29) is 0 Å². The minimum atomic E-state index is 0.543. The number of aryl methyl sites for hydroxylation is 1. The van der Waals surface area contributed by atoms with E-state index < -0.39 is 0 Å². The monoisotopic (exact) mass is 224 g/mol. The van der Waals surface area contributed by atoms with Gasteiger partial charge < -0.3 is 14.6 Å². The van der Waals surface area contributed by atoms with E-state index in [1.807, 2.05) is 6.92 Å². The molecule has 1 N–H and O–H groups in total. The molecule has 0 unspecified atom stereocenters. The van der Waals surface area contributed by atoms with E-state index in [4.69, 9.17) is 4.74 Å². The third-order valence-corrected chi connectivity index (χ3v) is 2.44. The van der Waals surface area contributed by atoms with Gasteiger partial charge in [-0.25, -0.2) is 0 Å². The van der Waals surface area contributed by atoms with Crippen molar-refractivity contribution in [1.82, 2.24) is 9.88 Å². The fourth-order valence-electron chi connectivity index (χ4n) is 1.55. The highest BCUT2D eigenvalue weighted by atomic mass is 16.5. The smallest absolute Gasteiger partial charge is 0.0482 e. The highest BCUT2D eigenvalue weighted by molar-refractivity contribution is 5.09. The molecule has 16 heavy (non-hydrogen) atoms. The summed E-state index contributed by atoms with van der Waals surface area (Å²) in [6, 6.07) is 2.72. The van der Waals surface area contributed by atoms with Crippen LogP contribution in [-0.4, -0.2) is 23.8 Å². The van der Waals surface area contributed by atoms with Crippen LogP contribution in [0.15, 0.2) is 18.5 Å². The number of nitrogens with one attached hydrogen (secondary N) is 1. The van der Waals surface area contributed by atoms with Gasteiger partial charge in [0.2, 0.25) is 0 Å². The van der Waals surface area contributed by atoms with Gasteiger partial charge in [-0.05, 0) is 25.0 Å². The maximum Gasteiger partial charge on any atom is 0.0482 e. The summed E-state index contributed by atoms with van der Waals surface area (Å²) in [5, 5.41) is 3.41. The summed E-state index contributed by atoms with van der Waals surface area (Å²) in [7, 11) is 0. The molecule has 0 aliphatic heterocycles. The summed E-state index contributed by atoms with van der Waals surface area (Å²) < 4.78 is 7.55. The molecule has 1 aromatic rings. The summed E-state index contributed by atoms with van der Waals surface area (Å²) in [5.41, 5.74) is 1.35. The Hall–Kier alpha value is -0.800. The molecule has 0 spiro atoms. The van der Waals surface area contributed by atoms with Crippen molar-refractivity contribution < 1.29 is 4.74 Å². The van der Waals surface area contributed by atoms with Crippen molar-refractivity contribution in [3.8, 4) is 0 Å². The molecule has 0 aliphatic rings. The van der Waals surface area contributed by atoms with Gasteiger partial charge >= 0.3 is 0 Å². The summed E-state index contributed by atoms with van der Waals surface area (Å²) in [6.07, 6.45) is 5.43. The van der Waals surface area contributed by atoms with Crippen LogP contribution in [0, 0.1) is 0 Å². The van der Waals surface area contributed by atoms with E-state index >= 15 is 0 Å². The van der Waals surface area contributed by atoms with Gasteiger partial charge in [0.25, 0.3) is 0 Å². The Morgan fingerprint density at radius 1 is 1.44 bits per heavy atom. The summed E-state index contributed by atoms with van der Waals surface area (Å²) in [6.45, 7) is 10.0. The first kappa shape index (κ1) is 13.3. The van der Waals surface area contributed by atoms with Crippen molar-refractivity contribution in [2.24, 2.45) is 0 Å². The van der Waals surface area contributed by atoms with Gasteiger partial charge in [0.05, 0.1) is 0 Å². The van der Waals surface area contributed by atoms with Crippen LogP contribution in [0.1, 0.15) is 32.8 Å². The maximum atomic E-state index is 5.32. The molecule has 0 aromatic carbocycles. The number of hydrogen-bond acceptors (Lipinski definition) is 2. The predicted octanol–water partition coefficient (Wildman–Crippen LogP) is 2.41. The number of rotatable bonds is 8. The number of aromatic nitrogens is 1. The van der Waals surface area contributed by atoms with E-state index in [0.29, 0.717) is 6.04 Å². The Kier molecular flexibility index (Phi) is 6.19. The molecule has 1 heterocycles. The van der Waals surface area contributed by atoms with Crippen molar-refractivity contribution in [2.45, 2.75) is 46.3 Å². The maximum absolute atomic E-state index is 5.32. The topological polar surface area (TPSA) is 26.2 Å². The zero-order chi connectivity index (χ0) is 11.8. The third kappa shape index (κ3) is 5.33. The second kappa shape index (κ2) is 7.47. The normalized spacial score (nSPS) is 11.2. The second-order valence-electron chi connectivity index (χ2n) is 4.34. The van der Waals surface area contributed by atoms with Gasteiger partial charge in [-0.15, -0.1) is 0 Å². The number of nitrogens with zero attached hydrogens (tertiary/aromatic N) is 1. The zero-order valence-corrected chi connectivity index (χ0v) is 10.7. The van der Waals surface area contributed by atoms with Crippen LogP contribution in [0.5, 0.6) is 0 Å². The number of hydrogen-bond donors (Lipinski definition) is 1. The SMILES string of the molecule is CCOCCCn1ccc(CNC(C)C)c1. The molecular weight excluding hydrogens is 200 g/mol. The Balaban J connectivity index is 2.22. The quantitative estimate of drug-likeness (QED) is 0.686. The second-order valence-corrected chi connectivity index (χ2v) is 4.34. The highest BCUT2D eigenvalue weighted by Gasteiger charge is 1.98. The average Bonchev–Trinajstić information content (AvgIpc) is 2.70. The number of ether oxygens (including phenoxy) is 1. The van der Waals surface area contributed by atoms with Crippen LogP contribution in [0.2, 0.25) is 0 Å². The first-order chi connectivity index (χ1) is 7.72. The minimum Gasteiger partial charge on any atom is -0.382 e. The molecule has 1 rings (SSSR count). The van der Waals surface area contributed by atoms with Gasteiger partial charge in [0.15, 0.2) is 0 Å². The van der Waals surface area contributed by atoms with Gasteiger partial charge in [-0.2, -0.15) is 0 Å². The van der Waals surface area contributed by atoms with Crippen LogP contribution >= 0.6 is 0 Å². The van der Waals surface area contributed by atoms with Crippen LogP contribution in [-0.2, 0) is 17.8 Å². The van der Waals surface area contributed by atoms with Crippen LogP contribution < -0.4 is 5.32 Å². The van der Waals surface area contributed by atoms with E-state index in [9.17, 15) is 0 Å². The van der Waals surface area contributed by atoms with E-state index in [2.05, 4.69) is 42.2 Å². The molecular formula is C13H24N2O. The fourth-order valence-corrected chi connectivity index (χ4v) is 1.55. The molecule has 0 radical (unpaired) electrons. The molecule has 0 bridgehead atoms. The zero-order valence-electron chi connectivity index (χ0n) is 10.7. The van der Waals surface area contributed by atoms with E-state index in [1.54, 1.807) is 0 Å². The Morgan fingerprint density at radius 3 is 2.94 bits per heavy atom. The predicted molar refractivity (Wildman–Crippen MR) is 67.5 cm³/mol. The Morgan fingerprint density at radius 2 is 2.25 bits per heavy atom. The van der Waals surface area contributed by atoms with Crippen LogP contribution in [0.4, 0.5) is 0 Å².